The van der Waals surface area contributed by atoms with Crippen molar-refractivity contribution in [1.82, 2.24) is 4.90 Å². The second-order valence-corrected chi connectivity index (χ2v) is 16.9. The summed E-state index contributed by atoms with van der Waals surface area (Å²) in [6.07, 6.45) is 5.40. The van der Waals surface area contributed by atoms with Crippen LogP contribution < -0.4 is 4.74 Å². The summed E-state index contributed by atoms with van der Waals surface area (Å²) in [6, 6.07) is 47.4. The van der Waals surface area contributed by atoms with Gasteiger partial charge in [-0.3, -0.25) is 4.79 Å². The summed E-state index contributed by atoms with van der Waals surface area (Å²) >= 11 is 0. The van der Waals surface area contributed by atoms with Crippen molar-refractivity contribution in [2.75, 3.05) is 6.54 Å². The Hall–Kier alpha value is -5.82. The molecule has 6 aromatic rings. The molecule has 0 spiro atoms. The molecular weight excluding hydrogens is 731 g/mol. The molecule has 1 saturated carbocycles. The van der Waals surface area contributed by atoms with E-state index < -0.39 is 23.2 Å². The van der Waals surface area contributed by atoms with Crippen LogP contribution in [0.15, 0.2) is 157 Å². The van der Waals surface area contributed by atoms with E-state index >= 15 is 0 Å². The first-order valence-corrected chi connectivity index (χ1v) is 21.0. The van der Waals surface area contributed by atoms with Gasteiger partial charge in [0.25, 0.3) is 0 Å². The molecule has 6 nitrogen and oxygen atoms in total. The highest BCUT2D eigenvalue weighted by Gasteiger charge is 2.58. The van der Waals surface area contributed by atoms with Gasteiger partial charge in [0.2, 0.25) is 0 Å². The number of ether oxygens (including phenoxy) is 1. The van der Waals surface area contributed by atoms with E-state index in [2.05, 4.69) is 38.1 Å². The number of aliphatic hydroxyl groups is 2. The minimum Gasteiger partial charge on any atom is -0.410 e. The quantitative estimate of drug-likeness (QED) is 0.119. The zero-order valence-corrected chi connectivity index (χ0v) is 34.0. The van der Waals surface area contributed by atoms with E-state index in [1.54, 1.807) is 4.90 Å². The Morgan fingerprint density at radius 3 is 2.22 bits per heavy atom. The van der Waals surface area contributed by atoms with Crippen molar-refractivity contribution < 1.29 is 24.5 Å². The Morgan fingerprint density at radius 2 is 1.46 bits per heavy atom. The molecule has 1 amide bonds. The molecule has 0 unspecified atom stereocenters. The molecule has 2 N–H and O–H groups in total. The number of hydrogen-bond acceptors (Lipinski definition) is 5. The van der Waals surface area contributed by atoms with Gasteiger partial charge in [0, 0.05) is 23.1 Å². The van der Waals surface area contributed by atoms with Crippen molar-refractivity contribution in [2.45, 2.75) is 83.0 Å². The second-order valence-electron chi connectivity index (χ2n) is 16.9. The Morgan fingerprint density at radius 1 is 0.763 bits per heavy atom. The van der Waals surface area contributed by atoms with Gasteiger partial charge < -0.3 is 19.8 Å². The smallest absolute Gasteiger partial charge is 0.410 e. The van der Waals surface area contributed by atoms with Crippen LogP contribution in [0, 0.1) is 5.41 Å². The maximum atomic E-state index is 14.7. The minimum absolute atomic E-state index is 0.0541. The van der Waals surface area contributed by atoms with Gasteiger partial charge in [-0.15, -0.1) is 0 Å². The summed E-state index contributed by atoms with van der Waals surface area (Å²) in [4.78, 5) is 30.7. The lowest BCUT2D eigenvalue weighted by molar-refractivity contribution is -0.0802. The largest absolute Gasteiger partial charge is 0.415 e. The van der Waals surface area contributed by atoms with Crippen molar-refractivity contribution in [3.63, 3.8) is 0 Å². The van der Waals surface area contributed by atoms with Crippen LogP contribution in [0.3, 0.4) is 0 Å². The highest BCUT2D eigenvalue weighted by atomic mass is 16.6. The number of fused-ring (bicyclic) bond motifs is 9. The Kier molecular flexibility index (Phi) is 11.6. The number of carbonyl (C=O) groups is 2. The molecule has 0 aromatic heterocycles. The van der Waals surface area contributed by atoms with Crippen LogP contribution in [-0.4, -0.2) is 45.2 Å². The first kappa shape index (κ1) is 40.0. The molecule has 3 aliphatic carbocycles. The van der Waals surface area contributed by atoms with Gasteiger partial charge in [-0.05, 0) is 115 Å². The molecule has 1 fully saturated rings. The molecular formula is C53H53NO5. The zero-order chi connectivity index (χ0) is 41.0. The highest BCUT2D eigenvalue weighted by molar-refractivity contribution is 6.10. The maximum absolute atomic E-state index is 14.7. The number of hydrogen-bond donors (Lipinski definition) is 2. The van der Waals surface area contributed by atoms with Gasteiger partial charge in [-0.2, -0.15) is 0 Å². The van der Waals surface area contributed by atoms with Crippen LogP contribution in [0.1, 0.15) is 90.9 Å². The number of benzene rings is 6. The fourth-order valence-electron chi connectivity index (χ4n) is 9.50. The summed E-state index contributed by atoms with van der Waals surface area (Å²) in [7, 11) is 0. The van der Waals surface area contributed by atoms with Crippen LogP contribution >= 0.6 is 0 Å². The summed E-state index contributed by atoms with van der Waals surface area (Å²) in [5, 5.41) is 26.3. The molecule has 300 valence electrons. The van der Waals surface area contributed by atoms with Gasteiger partial charge in [0.1, 0.15) is 5.75 Å². The third-order valence-corrected chi connectivity index (χ3v) is 13.0. The van der Waals surface area contributed by atoms with Crippen molar-refractivity contribution in [3.05, 3.63) is 185 Å². The molecule has 0 saturated heterocycles. The molecule has 0 heterocycles. The third-order valence-electron chi connectivity index (χ3n) is 13.0. The number of amides is 1. The average molecular weight is 784 g/mol. The van der Waals surface area contributed by atoms with Crippen LogP contribution in [0.25, 0.3) is 21.9 Å². The molecule has 3 aliphatic rings. The van der Waals surface area contributed by atoms with Gasteiger partial charge >= 0.3 is 6.09 Å². The minimum atomic E-state index is -1.32. The van der Waals surface area contributed by atoms with E-state index in [1.807, 2.05) is 127 Å². The van der Waals surface area contributed by atoms with E-state index in [1.165, 1.54) is 5.57 Å². The van der Waals surface area contributed by atoms with Gasteiger partial charge in [-0.1, -0.05) is 146 Å². The second kappa shape index (κ2) is 17.2. The maximum Gasteiger partial charge on any atom is 0.415 e. The van der Waals surface area contributed by atoms with Crippen molar-refractivity contribution in [3.8, 4) is 16.9 Å². The SMILES string of the molecule is CC1=CCC[C@@]2(C)[C@@H](CC[C@@]2(O)CN(Cc2ccccc2)C(=O)Oc2ccc3ccccc3c2)c2ccc(cc2C(=O)c2ccc(-c3ccccc3)cc2)C[C@@H](O)CC1. The van der Waals surface area contributed by atoms with E-state index in [9.17, 15) is 19.8 Å². The average Bonchev–Trinajstić information content (AvgIpc) is 3.51. The van der Waals surface area contributed by atoms with Crippen molar-refractivity contribution in [2.24, 2.45) is 5.41 Å². The third kappa shape index (κ3) is 8.66. The summed E-state index contributed by atoms with van der Waals surface area (Å²) in [5.41, 5.74) is 5.18. The molecule has 6 heteroatoms. The van der Waals surface area contributed by atoms with Gasteiger partial charge in [-0.25, -0.2) is 4.79 Å². The number of rotatable bonds is 8. The molecule has 0 radical (unpaired) electrons. The predicted octanol–water partition coefficient (Wildman–Crippen LogP) is 11.5. The van der Waals surface area contributed by atoms with Crippen LogP contribution in [-0.2, 0) is 13.0 Å². The molecule has 4 atom stereocenters. The van der Waals surface area contributed by atoms with Crippen LogP contribution in [0.5, 0.6) is 5.75 Å². The lowest BCUT2D eigenvalue weighted by Gasteiger charge is -2.46. The molecule has 6 aromatic carbocycles. The van der Waals surface area contributed by atoms with E-state index in [4.69, 9.17) is 4.74 Å². The summed E-state index contributed by atoms with van der Waals surface area (Å²) in [6.45, 7) is 4.57. The van der Waals surface area contributed by atoms with Crippen molar-refractivity contribution >= 4 is 22.6 Å². The molecule has 2 bridgehead atoms. The number of nitrogens with zero attached hydrogens (tertiary/aromatic N) is 1. The highest BCUT2D eigenvalue weighted by Crippen LogP contribution is 2.59. The van der Waals surface area contributed by atoms with Crippen molar-refractivity contribution in [1.29, 1.82) is 0 Å². The van der Waals surface area contributed by atoms with Gasteiger partial charge in [0.05, 0.1) is 18.2 Å². The molecule has 9 rings (SSSR count). The fourth-order valence-corrected chi connectivity index (χ4v) is 9.50. The van der Waals surface area contributed by atoms with E-state index in [0.717, 1.165) is 45.0 Å². The Balaban J connectivity index is 1.16. The molecule has 59 heavy (non-hydrogen) atoms. The normalized spacial score (nSPS) is 21.9. The fraction of sp³-hybridized carbons (Fsp3) is 0.283. The topological polar surface area (TPSA) is 87.1 Å². The standard InChI is InChI=1S/C53H53NO5/c1-37-12-11-30-52(2)49(47-28-20-39(32-45(55)26-19-37)33-48(47)50(56)43-23-21-42(22-24-43)40-15-7-4-8-16-40)29-31-53(52,58)36-54(35-38-13-5-3-6-14-38)51(57)59-46-27-25-41-17-9-10-18-44(41)34-46/h3-10,12-18,20-25,27-28,33-34,45,49,55,58H,11,19,26,29-32,35-36H2,1-2H3/t45-,49-,52-,53+/m0/s1. The van der Waals surface area contributed by atoms with Crippen LogP contribution in [0.2, 0.25) is 0 Å². The van der Waals surface area contributed by atoms with Crippen LogP contribution in [0.4, 0.5) is 4.79 Å². The van der Waals surface area contributed by atoms with E-state index in [0.29, 0.717) is 55.4 Å². The Bertz CT molecular complexity index is 2460. The van der Waals surface area contributed by atoms with Gasteiger partial charge in [0.15, 0.2) is 5.78 Å². The zero-order valence-electron chi connectivity index (χ0n) is 34.0. The molecule has 0 aliphatic heterocycles. The lowest BCUT2D eigenvalue weighted by Crippen LogP contribution is -2.54. The Labute approximate surface area is 347 Å². The lowest BCUT2D eigenvalue weighted by atomic mass is 9.64. The predicted molar refractivity (Wildman–Crippen MR) is 236 cm³/mol. The number of aliphatic hydroxyl groups excluding tert-OH is 1. The number of carbonyl (C=O) groups excluding carboxylic acids is 2. The summed E-state index contributed by atoms with van der Waals surface area (Å²) < 4.78 is 6.10. The van der Waals surface area contributed by atoms with E-state index in [-0.39, 0.29) is 24.8 Å². The monoisotopic (exact) mass is 783 g/mol. The first-order chi connectivity index (χ1) is 28.6. The first-order valence-electron chi connectivity index (χ1n) is 21.0. The number of ketones is 1. The summed E-state index contributed by atoms with van der Waals surface area (Å²) in [5.74, 6) is 0.167. The number of allylic oxidation sites excluding steroid dienone is 2.